The van der Waals surface area contributed by atoms with Crippen LogP contribution in [0.2, 0.25) is 0 Å². The largest absolute Gasteiger partial charge is 0.346 e. The summed E-state index contributed by atoms with van der Waals surface area (Å²) in [6, 6.07) is 7.00. The molecule has 130 valence electrons. The first-order valence-electron chi connectivity index (χ1n) is 7.86. The zero-order valence-electron chi connectivity index (χ0n) is 13.7. The zero-order chi connectivity index (χ0) is 18.0. The van der Waals surface area contributed by atoms with Gasteiger partial charge in [0.2, 0.25) is 5.91 Å². The molecular weight excluding hydrogens is 327 g/mol. The Hall–Kier alpha value is -3.03. The number of aromatic nitrogens is 2. The molecule has 7 nitrogen and oxygen atoms in total. The first kappa shape index (κ1) is 16.8. The lowest BCUT2D eigenvalue weighted by molar-refractivity contribution is -0.130. The number of piperazine rings is 1. The molecule has 2 aromatic rings. The average molecular weight is 344 g/mol. The van der Waals surface area contributed by atoms with Gasteiger partial charge in [0.05, 0.1) is 5.69 Å². The van der Waals surface area contributed by atoms with Crippen molar-refractivity contribution in [3.05, 3.63) is 52.3 Å². The summed E-state index contributed by atoms with van der Waals surface area (Å²) in [6.07, 6.45) is 0. The van der Waals surface area contributed by atoms with Crippen LogP contribution in [0.5, 0.6) is 0 Å². The van der Waals surface area contributed by atoms with Gasteiger partial charge in [-0.3, -0.25) is 9.59 Å². The summed E-state index contributed by atoms with van der Waals surface area (Å²) < 4.78 is 13.0. The molecule has 1 saturated heterocycles. The highest BCUT2D eigenvalue weighted by Crippen LogP contribution is 2.17. The van der Waals surface area contributed by atoms with Crippen LogP contribution in [0.1, 0.15) is 17.4 Å². The number of benzene rings is 1. The van der Waals surface area contributed by atoms with Crippen LogP contribution in [0.25, 0.3) is 11.3 Å². The van der Waals surface area contributed by atoms with Gasteiger partial charge in [0.25, 0.3) is 5.91 Å². The maximum absolute atomic E-state index is 13.0. The summed E-state index contributed by atoms with van der Waals surface area (Å²) in [4.78, 5) is 45.3. The molecule has 0 aliphatic carbocycles. The third-order valence-corrected chi connectivity index (χ3v) is 4.13. The van der Waals surface area contributed by atoms with Crippen molar-refractivity contribution in [3.8, 4) is 11.3 Å². The molecule has 1 aliphatic heterocycles. The van der Waals surface area contributed by atoms with Crippen LogP contribution >= 0.6 is 0 Å². The Morgan fingerprint density at radius 2 is 1.68 bits per heavy atom. The molecule has 1 aliphatic rings. The molecular formula is C17H17FN4O3. The average Bonchev–Trinajstić information content (AvgIpc) is 2.61. The molecule has 1 aromatic carbocycles. The number of H-pyrrole nitrogens is 1. The van der Waals surface area contributed by atoms with Crippen molar-refractivity contribution in [3.63, 3.8) is 0 Å². The van der Waals surface area contributed by atoms with E-state index in [1.807, 2.05) is 0 Å². The Bertz CT molecular complexity index is 855. The van der Waals surface area contributed by atoms with Crippen molar-refractivity contribution in [2.45, 2.75) is 6.92 Å². The van der Waals surface area contributed by atoms with Gasteiger partial charge in [-0.15, -0.1) is 0 Å². The van der Waals surface area contributed by atoms with Gasteiger partial charge < -0.3 is 14.8 Å². The standard InChI is InChI=1S/C17H17FN4O3/c1-11(23)21-6-8-22(9-7-21)16(24)15-10-14(19-17(25)20-15)12-2-4-13(18)5-3-12/h2-5,10H,6-9H2,1H3,(H,19,20,25). The smallest absolute Gasteiger partial charge is 0.339 e. The molecule has 1 N–H and O–H groups in total. The van der Waals surface area contributed by atoms with Crippen LogP contribution < -0.4 is 5.69 Å². The van der Waals surface area contributed by atoms with Crippen molar-refractivity contribution in [1.29, 1.82) is 0 Å². The van der Waals surface area contributed by atoms with Crippen molar-refractivity contribution in [2.75, 3.05) is 26.2 Å². The van der Waals surface area contributed by atoms with Gasteiger partial charge in [0, 0.05) is 38.7 Å². The first-order chi connectivity index (χ1) is 11.9. The highest BCUT2D eigenvalue weighted by molar-refractivity contribution is 5.93. The maximum Gasteiger partial charge on any atom is 0.346 e. The second kappa shape index (κ2) is 6.84. The van der Waals surface area contributed by atoms with E-state index in [0.29, 0.717) is 37.4 Å². The molecule has 2 amide bonds. The minimum atomic E-state index is -0.646. The molecule has 25 heavy (non-hydrogen) atoms. The normalized spacial score (nSPS) is 14.5. The van der Waals surface area contributed by atoms with E-state index in [1.54, 1.807) is 9.80 Å². The van der Waals surface area contributed by atoms with Crippen LogP contribution in [0.15, 0.2) is 35.1 Å². The number of rotatable bonds is 2. The number of aromatic amines is 1. The van der Waals surface area contributed by atoms with Gasteiger partial charge in [-0.05, 0) is 30.3 Å². The molecule has 0 saturated carbocycles. The monoisotopic (exact) mass is 344 g/mol. The Morgan fingerprint density at radius 3 is 2.28 bits per heavy atom. The summed E-state index contributed by atoms with van der Waals surface area (Å²) in [5, 5.41) is 0. The quantitative estimate of drug-likeness (QED) is 0.876. The van der Waals surface area contributed by atoms with E-state index >= 15 is 0 Å². The Balaban J connectivity index is 1.83. The number of nitrogens with zero attached hydrogens (tertiary/aromatic N) is 3. The lowest BCUT2D eigenvalue weighted by atomic mass is 10.1. The number of carbonyl (C=O) groups excluding carboxylic acids is 2. The zero-order valence-corrected chi connectivity index (χ0v) is 13.7. The van der Waals surface area contributed by atoms with Crippen molar-refractivity contribution in [2.24, 2.45) is 0 Å². The van der Waals surface area contributed by atoms with Crippen LogP contribution in [0, 0.1) is 5.82 Å². The van der Waals surface area contributed by atoms with Crippen LogP contribution in [-0.4, -0.2) is 57.8 Å². The maximum atomic E-state index is 13.0. The predicted octanol–water partition coefficient (Wildman–Crippen LogP) is 0.880. The fraction of sp³-hybridized carbons (Fsp3) is 0.294. The van der Waals surface area contributed by atoms with E-state index < -0.39 is 11.5 Å². The molecule has 0 atom stereocenters. The topological polar surface area (TPSA) is 86.4 Å². The molecule has 8 heteroatoms. The number of nitrogens with one attached hydrogen (secondary N) is 1. The number of amides is 2. The predicted molar refractivity (Wildman–Crippen MR) is 88.4 cm³/mol. The highest BCUT2D eigenvalue weighted by atomic mass is 19.1. The minimum absolute atomic E-state index is 0.0250. The first-order valence-corrected chi connectivity index (χ1v) is 7.86. The fourth-order valence-electron chi connectivity index (χ4n) is 2.74. The summed E-state index contributed by atoms with van der Waals surface area (Å²) in [7, 11) is 0. The van der Waals surface area contributed by atoms with Gasteiger partial charge in [0.15, 0.2) is 0 Å². The Morgan fingerprint density at radius 1 is 1.08 bits per heavy atom. The van der Waals surface area contributed by atoms with Gasteiger partial charge in [-0.2, -0.15) is 4.98 Å². The fourth-order valence-corrected chi connectivity index (χ4v) is 2.74. The van der Waals surface area contributed by atoms with Gasteiger partial charge >= 0.3 is 5.69 Å². The third-order valence-electron chi connectivity index (χ3n) is 4.13. The number of halogens is 1. The molecule has 0 bridgehead atoms. The number of hydrogen-bond donors (Lipinski definition) is 1. The summed E-state index contributed by atoms with van der Waals surface area (Å²) in [6.45, 7) is 3.21. The lowest BCUT2D eigenvalue weighted by Gasteiger charge is -2.34. The Labute approximate surface area is 143 Å². The van der Waals surface area contributed by atoms with Gasteiger partial charge in [0.1, 0.15) is 11.5 Å². The lowest BCUT2D eigenvalue weighted by Crippen LogP contribution is -2.50. The van der Waals surface area contributed by atoms with Crippen molar-refractivity contribution >= 4 is 11.8 Å². The molecule has 1 fully saturated rings. The van der Waals surface area contributed by atoms with E-state index in [1.165, 1.54) is 37.3 Å². The second-order valence-electron chi connectivity index (χ2n) is 5.79. The SMILES string of the molecule is CC(=O)N1CCN(C(=O)c2cc(-c3ccc(F)cc3)nc(=O)[nH]2)CC1. The molecule has 1 aromatic heterocycles. The molecule has 2 heterocycles. The van der Waals surface area contributed by atoms with E-state index in [9.17, 15) is 18.8 Å². The molecule has 0 radical (unpaired) electrons. The van der Waals surface area contributed by atoms with Crippen LogP contribution in [0.3, 0.4) is 0 Å². The summed E-state index contributed by atoms with van der Waals surface area (Å²) in [5.74, 6) is -0.748. The van der Waals surface area contributed by atoms with Crippen LogP contribution in [-0.2, 0) is 4.79 Å². The highest BCUT2D eigenvalue weighted by Gasteiger charge is 2.24. The van der Waals surface area contributed by atoms with E-state index in [-0.39, 0.29) is 17.5 Å². The molecule has 3 rings (SSSR count). The summed E-state index contributed by atoms with van der Waals surface area (Å²) in [5.41, 5.74) is 0.320. The number of hydrogen-bond acceptors (Lipinski definition) is 4. The molecule has 0 unspecified atom stereocenters. The van der Waals surface area contributed by atoms with Crippen molar-refractivity contribution in [1.82, 2.24) is 19.8 Å². The second-order valence-corrected chi connectivity index (χ2v) is 5.79. The van der Waals surface area contributed by atoms with E-state index in [4.69, 9.17) is 0 Å². The Kier molecular flexibility index (Phi) is 4.60. The third kappa shape index (κ3) is 3.73. The van der Waals surface area contributed by atoms with Gasteiger partial charge in [-0.25, -0.2) is 9.18 Å². The molecule has 0 spiro atoms. The van der Waals surface area contributed by atoms with Gasteiger partial charge in [-0.1, -0.05) is 0 Å². The van der Waals surface area contributed by atoms with Crippen LogP contribution in [0.4, 0.5) is 4.39 Å². The number of carbonyl (C=O) groups is 2. The van der Waals surface area contributed by atoms with E-state index in [2.05, 4.69) is 9.97 Å². The minimum Gasteiger partial charge on any atom is -0.339 e. The van der Waals surface area contributed by atoms with E-state index in [0.717, 1.165) is 0 Å². The van der Waals surface area contributed by atoms with Crippen molar-refractivity contribution < 1.29 is 14.0 Å². The summed E-state index contributed by atoms with van der Waals surface area (Å²) >= 11 is 0.